The molecule has 0 N–H and O–H groups in total. The van der Waals surface area contributed by atoms with Crippen molar-refractivity contribution in [2.24, 2.45) is 5.92 Å². The SMILES string of the molecule is Cc1ccc([C@H]2c3ccsc3CCN2CCC(=O)N2CCN(C(=O)CCC3CCCC3)[C@@H](C)C2)cc1. The van der Waals surface area contributed by atoms with Gasteiger partial charge in [0.15, 0.2) is 0 Å². The zero-order valence-corrected chi connectivity index (χ0v) is 22.8. The van der Waals surface area contributed by atoms with Crippen molar-refractivity contribution in [2.75, 3.05) is 32.7 Å². The molecule has 1 aliphatic carbocycles. The van der Waals surface area contributed by atoms with Crippen molar-refractivity contribution in [3.8, 4) is 0 Å². The highest BCUT2D eigenvalue weighted by atomic mass is 32.1. The highest BCUT2D eigenvalue weighted by Gasteiger charge is 2.32. The normalized spacial score (nSPS) is 23.2. The predicted octanol–water partition coefficient (Wildman–Crippen LogP) is 5.42. The van der Waals surface area contributed by atoms with Gasteiger partial charge >= 0.3 is 0 Å². The summed E-state index contributed by atoms with van der Waals surface area (Å²) in [6.07, 6.45) is 8.53. The zero-order valence-electron chi connectivity index (χ0n) is 22.0. The predicted molar refractivity (Wildman–Crippen MR) is 146 cm³/mol. The van der Waals surface area contributed by atoms with E-state index in [0.29, 0.717) is 32.5 Å². The summed E-state index contributed by atoms with van der Waals surface area (Å²) >= 11 is 1.86. The van der Waals surface area contributed by atoms with Gasteiger partial charge in [-0.2, -0.15) is 0 Å². The number of hydrogen-bond acceptors (Lipinski definition) is 4. The van der Waals surface area contributed by atoms with E-state index in [1.165, 1.54) is 47.3 Å². The standard InChI is InChI=1S/C30H41N3O2S/c1-22-7-10-25(11-8-22)30-26-15-20-36-27(26)13-16-31(30)17-14-28(34)32-18-19-33(23(2)21-32)29(35)12-9-24-5-3-4-6-24/h7-8,10-11,15,20,23-24,30H,3-6,9,12-14,16-19,21H2,1-2H3/t23-,30-/m0/s1. The summed E-state index contributed by atoms with van der Waals surface area (Å²) in [4.78, 5) is 34.1. The Morgan fingerprint density at radius 2 is 1.75 bits per heavy atom. The number of carbonyl (C=O) groups is 2. The highest BCUT2D eigenvalue weighted by molar-refractivity contribution is 7.10. The topological polar surface area (TPSA) is 43.9 Å². The lowest BCUT2D eigenvalue weighted by Crippen LogP contribution is -2.55. The van der Waals surface area contributed by atoms with Crippen LogP contribution in [-0.4, -0.2) is 65.3 Å². The highest BCUT2D eigenvalue weighted by Crippen LogP contribution is 2.38. The molecule has 0 bridgehead atoms. The number of hydrogen-bond donors (Lipinski definition) is 0. The van der Waals surface area contributed by atoms with Gasteiger partial charge in [0.05, 0.1) is 6.04 Å². The van der Waals surface area contributed by atoms with Gasteiger partial charge in [0.1, 0.15) is 0 Å². The molecule has 1 aromatic carbocycles. The number of benzene rings is 1. The van der Waals surface area contributed by atoms with Crippen molar-refractivity contribution < 1.29 is 9.59 Å². The van der Waals surface area contributed by atoms with Gasteiger partial charge in [0.25, 0.3) is 0 Å². The Morgan fingerprint density at radius 1 is 0.972 bits per heavy atom. The van der Waals surface area contributed by atoms with Gasteiger partial charge in [-0.1, -0.05) is 55.5 Å². The number of fused-ring (bicyclic) bond motifs is 1. The van der Waals surface area contributed by atoms with Gasteiger partial charge in [0, 0.05) is 56.5 Å². The average Bonchev–Trinajstić information content (AvgIpc) is 3.58. The molecule has 2 aromatic rings. The van der Waals surface area contributed by atoms with Gasteiger partial charge < -0.3 is 9.80 Å². The van der Waals surface area contributed by atoms with Crippen LogP contribution in [0.1, 0.15) is 79.5 Å². The maximum absolute atomic E-state index is 13.2. The molecule has 6 heteroatoms. The van der Waals surface area contributed by atoms with E-state index in [1.807, 2.05) is 21.1 Å². The minimum Gasteiger partial charge on any atom is -0.339 e. The second kappa shape index (κ2) is 11.5. The first-order chi connectivity index (χ1) is 17.5. The lowest BCUT2D eigenvalue weighted by atomic mass is 9.92. The molecule has 5 rings (SSSR count). The smallest absolute Gasteiger partial charge is 0.223 e. The summed E-state index contributed by atoms with van der Waals surface area (Å²) in [6, 6.07) is 11.5. The van der Waals surface area contributed by atoms with Gasteiger partial charge in [-0.3, -0.25) is 14.5 Å². The maximum atomic E-state index is 13.2. The van der Waals surface area contributed by atoms with Crippen LogP contribution in [0, 0.1) is 12.8 Å². The van der Waals surface area contributed by atoms with Crippen LogP contribution in [0.5, 0.6) is 0 Å². The van der Waals surface area contributed by atoms with Crippen molar-refractivity contribution in [3.05, 3.63) is 57.3 Å². The Morgan fingerprint density at radius 3 is 2.50 bits per heavy atom. The maximum Gasteiger partial charge on any atom is 0.223 e. The lowest BCUT2D eigenvalue weighted by molar-refractivity contribution is -0.142. The fourth-order valence-corrected chi connectivity index (χ4v) is 7.37. The van der Waals surface area contributed by atoms with Gasteiger partial charge in [0.2, 0.25) is 11.8 Å². The van der Waals surface area contributed by atoms with E-state index in [1.54, 1.807) is 0 Å². The third-order valence-corrected chi connectivity index (χ3v) is 9.61. The van der Waals surface area contributed by atoms with Crippen LogP contribution in [0.15, 0.2) is 35.7 Å². The van der Waals surface area contributed by atoms with Gasteiger partial charge in [-0.25, -0.2) is 0 Å². The van der Waals surface area contributed by atoms with Crippen LogP contribution in [0.3, 0.4) is 0 Å². The molecule has 36 heavy (non-hydrogen) atoms. The van der Waals surface area contributed by atoms with Crippen LogP contribution in [0.4, 0.5) is 0 Å². The Labute approximate surface area is 220 Å². The summed E-state index contributed by atoms with van der Waals surface area (Å²) in [5, 5.41) is 2.20. The molecule has 2 fully saturated rings. The van der Waals surface area contributed by atoms with E-state index in [9.17, 15) is 9.59 Å². The van der Waals surface area contributed by atoms with Crippen LogP contribution >= 0.6 is 11.3 Å². The van der Waals surface area contributed by atoms with Crippen LogP contribution in [0.2, 0.25) is 0 Å². The van der Waals surface area contributed by atoms with E-state index >= 15 is 0 Å². The van der Waals surface area contributed by atoms with Gasteiger partial charge in [-0.15, -0.1) is 11.3 Å². The van der Waals surface area contributed by atoms with Crippen molar-refractivity contribution in [1.82, 2.24) is 14.7 Å². The Kier molecular flexibility index (Phi) is 8.12. The molecule has 5 nitrogen and oxygen atoms in total. The first-order valence-electron chi connectivity index (χ1n) is 13.9. The van der Waals surface area contributed by atoms with Crippen molar-refractivity contribution in [1.29, 1.82) is 0 Å². The third kappa shape index (κ3) is 5.70. The minimum absolute atomic E-state index is 0.0995. The minimum atomic E-state index is 0.0995. The molecule has 1 aromatic heterocycles. The second-order valence-corrected chi connectivity index (χ2v) is 12.1. The summed E-state index contributed by atoms with van der Waals surface area (Å²) in [5.74, 6) is 1.25. The summed E-state index contributed by atoms with van der Waals surface area (Å²) in [7, 11) is 0. The molecule has 2 amide bonds. The van der Waals surface area contributed by atoms with E-state index in [2.05, 4.69) is 54.5 Å². The van der Waals surface area contributed by atoms with E-state index in [4.69, 9.17) is 0 Å². The number of amides is 2. The second-order valence-electron chi connectivity index (χ2n) is 11.1. The molecule has 3 heterocycles. The van der Waals surface area contributed by atoms with E-state index in [0.717, 1.165) is 31.8 Å². The number of carbonyl (C=O) groups excluding carboxylic acids is 2. The van der Waals surface area contributed by atoms with E-state index < -0.39 is 0 Å². The molecule has 2 atom stereocenters. The summed E-state index contributed by atoms with van der Waals surface area (Å²) < 4.78 is 0. The fourth-order valence-electron chi connectivity index (χ4n) is 6.47. The molecular formula is C30H41N3O2S. The first-order valence-corrected chi connectivity index (χ1v) is 14.8. The lowest BCUT2D eigenvalue weighted by Gasteiger charge is -2.41. The number of piperazine rings is 1. The first kappa shape index (κ1) is 25.5. The molecule has 3 aliphatic rings. The third-order valence-electron chi connectivity index (χ3n) is 8.61. The molecular weight excluding hydrogens is 466 g/mol. The van der Waals surface area contributed by atoms with Crippen LogP contribution in [0.25, 0.3) is 0 Å². The van der Waals surface area contributed by atoms with Crippen molar-refractivity contribution >= 4 is 23.2 Å². The van der Waals surface area contributed by atoms with Crippen LogP contribution in [-0.2, 0) is 16.0 Å². The average molecular weight is 508 g/mol. The van der Waals surface area contributed by atoms with Crippen molar-refractivity contribution in [2.45, 2.75) is 77.3 Å². The molecule has 0 spiro atoms. The molecule has 1 saturated carbocycles. The molecule has 0 unspecified atom stereocenters. The molecule has 0 radical (unpaired) electrons. The molecule has 194 valence electrons. The number of thiophene rings is 1. The number of nitrogens with zero attached hydrogens (tertiary/aromatic N) is 3. The largest absolute Gasteiger partial charge is 0.339 e. The Bertz CT molecular complexity index is 1040. The molecule has 1 saturated heterocycles. The number of aryl methyl sites for hydroxylation is 1. The van der Waals surface area contributed by atoms with Gasteiger partial charge in [-0.05, 0) is 55.2 Å². The van der Waals surface area contributed by atoms with Crippen molar-refractivity contribution in [3.63, 3.8) is 0 Å². The zero-order chi connectivity index (χ0) is 25.1. The number of rotatable bonds is 7. The Hall–Kier alpha value is -2.18. The van der Waals surface area contributed by atoms with E-state index in [-0.39, 0.29) is 23.9 Å². The summed E-state index contributed by atoms with van der Waals surface area (Å²) in [5.41, 5.74) is 3.98. The summed E-state index contributed by atoms with van der Waals surface area (Å²) in [6.45, 7) is 7.97. The quantitative estimate of drug-likeness (QED) is 0.502. The monoisotopic (exact) mass is 507 g/mol. The van der Waals surface area contributed by atoms with Crippen LogP contribution < -0.4 is 0 Å². The fraction of sp³-hybridized carbons (Fsp3) is 0.600. The molecule has 2 aliphatic heterocycles. The Balaban J connectivity index is 1.15.